The highest BCUT2D eigenvalue weighted by molar-refractivity contribution is 7.98. The van der Waals surface area contributed by atoms with E-state index in [9.17, 15) is 0 Å². The third kappa shape index (κ3) is 3.47. The first-order valence-corrected chi connectivity index (χ1v) is 9.61. The first-order chi connectivity index (χ1) is 12.3. The fraction of sp³-hybridized carbons (Fsp3) is 0.111. The minimum absolute atomic E-state index is 0.754. The van der Waals surface area contributed by atoms with Crippen LogP contribution in [0, 0.1) is 0 Å². The average molecular weight is 365 g/mol. The van der Waals surface area contributed by atoms with Gasteiger partial charge in [-0.25, -0.2) is 4.98 Å². The molecule has 3 heterocycles. The molecule has 0 saturated heterocycles. The molecule has 0 radical (unpaired) electrons. The Morgan fingerprint density at radius 3 is 2.68 bits per heavy atom. The molecule has 0 spiro atoms. The van der Waals surface area contributed by atoms with Gasteiger partial charge >= 0.3 is 0 Å². The van der Waals surface area contributed by atoms with Crippen molar-refractivity contribution in [3.05, 3.63) is 65.8 Å². The number of thioether (sulfide) groups is 1. The Morgan fingerprint density at radius 2 is 1.88 bits per heavy atom. The number of nitrogens with zero attached hydrogens (tertiary/aromatic N) is 5. The molecule has 0 saturated carbocycles. The summed E-state index contributed by atoms with van der Waals surface area (Å²) in [5, 5.41) is 12.5. The predicted octanol–water partition coefficient (Wildman–Crippen LogP) is 4.29. The molecule has 0 unspecified atom stereocenters. The quantitative estimate of drug-likeness (QED) is 0.494. The Hall–Kier alpha value is -2.51. The number of benzene rings is 1. The summed E-state index contributed by atoms with van der Waals surface area (Å²) >= 11 is 3.25. The topological polar surface area (TPSA) is 56.5 Å². The van der Waals surface area contributed by atoms with E-state index in [4.69, 9.17) is 0 Å². The summed E-state index contributed by atoms with van der Waals surface area (Å²) in [5.41, 5.74) is 3.00. The minimum atomic E-state index is 0.754. The van der Waals surface area contributed by atoms with Crippen LogP contribution in [-0.4, -0.2) is 24.7 Å². The lowest BCUT2D eigenvalue weighted by Gasteiger charge is -2.03. The number of aromatic nitrogens is 5. The van der Waals surface area contributed by atoms with Crippen LogP contribution in [-0.2, 0) is 12.8 Å². The predicted molar refractivity (Wildman–Crippen MR) is 101 cm³/mol. The molecule has 0 aliphatic heterocycles. The average Bonchev–Trinajstić information content (AvgIpc) is 3.28. The number of hydrogen-bond acceptors (Lipinski definition) is 6. The summed E-state index contributed by atoms with van der Waals surface area (Å²) in [7, 11) is 1.99. The molecular formula is C18H15N5S2. The van der Waals surface area contributed by atoms with Crippen molar-refractivity contribution in [1.82, 2.24) is 24.7 Å². The van der Waals surface area contributed by atoms with Crippen LogP contribution < -0.4 is 0 Å². The van der Waals surface area contributed by atoms with Crippen molar-refractivity contribution in [1.29, 1.82) is 0 Å². The number of hydrogen-bond donors (Lipinski definition) is 0. The van der Waals surface area contributed by atoms with Crippen LogP contribution in [0.15, 0.2) is 65.3 Å². The van der Waals surface area contributed by atoms with Gasteiger partial charge in [0, 0.05) is 29.9 Å². The Morgan fingerprint density at radius 1 is 1.04 bits per heavy atom. The molecule has 124 valence electrons. The monoisotopic (exact) mass is 365 g/mol. The lowest BCUT2D eigenvalue weighted by Crippen LogP contribution is -1.95. The largest absolute Gasteiger partial charge is 0.305 e. The van der Waals surface area contributed by atoms with Crippen molar-refractivity contribution in [2.24, 2.45) is 7.05 Å². The van der Waals surface area contributed by atoms with Crippen molar-refractivity contribution in [2.75, 3.05) is 0 Å². The van der Waals surface area contributed by atoms with Crippen LogP contribution in [0.25, 0.3) is 22.1 Å². The zero-order chi connectivity index (χ0) is 17.1. The van der Waals surface area contributed by atoms with E-state index in [0.717, 1.165) is 38.7 Å². The van der Waals surface area contributed by atoms with Gasteiger partial charge in [0.05, 0.1) is 11.4 Å². The van der Waals surface area contributed by atoms with Crippen LogP contribution in [0.5, 0.6) is 0 Å². The molecule has 0 amide bonds. The van der Waals surface area contributed by atoms with Gasteiger partial charge in [-0.15, -0.1) is 21.5 Å². The highest BCUT2D eigenvalue weighted by Gasteiger charge is 2.12. The normalized spacial score (nSPS) is 10.9. The summed E-state index contributed by atoms with van der Waals surface area (Å²) in [6.07, 6.45) is 1.79. The first kappa shape index (κ1) is 16.0. The van der Waals surface area contributed by atoms with Crippen LogP contribution in [0.1, 0.15) is 5.69 Å². The maximum Gasteiger partial charge on any atom is 0.191 e. The maximum absolute atomic E-state index is 4.67. The van der Waals surface area contributed by atoms with Crippen molar-refractivity contribution >= 4 is 23.1 Å². The molecule has 1 aromatic carbocycles. The second-order valence-corrected chi connectivity index (χ2v) is 7.18. The third-order valence-corrected chi connectivity index (χ3v) is 5.62. The number of pyridine rings is 1. The van der Waals surface area contributed by atoms with Crippen LogP contribution >= 0.6 is 23.1 Å². The molecule has 0 atom stereocenters. The Bertz CT molecular complexity index is 964. The van der Waals surface area contributed by atoms with E-state index < -0.39 is 0 Å². The Labute approximate surface area is 153 Å². The van der Waals surface area contributed by atoms with E-state index >= 15 is 0 Å². The summed E-state index contributed by atoms with van der Waals surface area (Å²) in [6, 6.07) is 15.9. The van der Waals surface area contributed by atoms with Crippen LogP contribution in [0.3, 0.4) is 0 Å². The standard InChI is InChI=1S/C18H15N5S2/c1-23-16(13-7-3-2-4-8-13)21-22-18(23)25-12-14-11-24-17(20-14)15-9-5-6-10-19-15/h2-11H,12H2,1H3. The van der Waals surface area contributed by atoms with E-state index in [1.54, 1.807) is 29.3 Å². The van der Waals surface area contributed by atoms with Crippen molar-refractivity contribution in [2.45, 2.75) is 10.9 Å². The molecule has 0 aliphatic rings. The van der Waals surface area contributed by atoms with Gasteiger partial charge in [-0.3, -0.25) is 4.98 Å². The fourth-order valence-corrected chi connectivity index (χ4v) is 4.10. The molecular weight excluding hydrogens is 350 g/mol. The lowest BCUT2D eigenvalue weighted by molar-refractivity contribution is 0.793. The minimum Gasteiger partial charge on any atom is -0.305 e. The number of rotatable bonds is 5. The molecule has 0 aliphatic carbocycles. The first-order valence-electron chi connectivity index (χ1n) is 7.74. The van der Waals surface area contributed by atoms with E-state index in [2.05, 4.69) is 25.5 Å². The zero-order valence-corrected chi connectivity index (χ0v) is 15.2. The smallest absolute Gasteiger partial charge is 0.191 e. The van der Waals surface area contributed by atoms with Gasteiger partial charge in [-0.1, -0.05) is 48.2 Å². The summed E-state index contributed by atoms with van der Waals surface area (Å²) < 4.78 is 2.02. The van der Waals surface area contributed by atoms with E-state index in [-0.39, 0.29) is 0 Å². The molecule has 5 nitrogen and oxygen atoms in total. The summed E-state index contributed by atoms with van der Waals surface area (Å²) in [4.78, 5) is 9.01. The Kier molecular flexibility index (Phi) is 4.58. The molecule has 4 rings (SSSR count). The van der Waals surface area contributed by atoms with Gasteiger partial charge < -0.3 is 4.57 Å². The number of thiazole rings is 1. The fourth-order valence-electron chi connectivity index (χ4n) is 2.40. The zero-order valence-electron chi connectivity index (χ0n) is 13.5. The van der Waals surface area contributed by atoms with Gasteiger partial charge in [0.2, 0.25) is 0 Å². The van der Waals surface area contributed by atoms with Gasteiger partial charge in [0.1, 0.15) is 5.01 Å². The van der Waals surface area contributed by atoms with Crippen LogP contribution in [0.2, 0.25) is 0 Å². The highest BCUT2D eigenvalue weighted by atomic mass is 32.2. The molecule has 0 N–H and O–H groups in total. The maximum atomic E-state index is 4.67. The molecule has 0 bridgehead atoms. The molecule has 3 aromatic heterocycles. The van der Waals surface area contributed by atoms with Gasteiger partial charge in [0.15, 0.2) is 11.0 Å². The Balaban J connectivity index is 1.48. The molecule has 4 aromatic rings. The van der Waals surface area contributed by atoms with Crippen molar-refractivity contribution in [3.8, 4) is 22.1 Å². The molecule has 25 heavy (non-hydrogen) atoms. The van der Waals surface area contributed by atoms with Gasteiger partial charge in [-0.2, -0.15) is 0 Å². The lowest BCUT2D eigenvalue weighted by atomic mass is 10.2. The SMILES string of the molecule is Cn1c(SCc2csc(-c3ccccn3)n2)nnc1-c1ccccc1. The molecule has 0 fully saturated rings. The second kappa shape index (κ2) is 7.16. The third-order valence-electron chi connectivity index (χ3n) is 3.65. The van der Waals surface area contributed by atoms with Crippen molar-refractivity contribution in [3.63, 3.8) is 0 Å². The van der Waals surface area contributed by atoms with E-state index in [1.165, 1.54) is 0 Å². The van der Waals surface area contributed by atoms with E-state index in [0.29, 0.717) is 0 Å². The summed E-state index contributed by atoms with van der Waals surface area (Å²) in [5.74, 6) is 1.62. The highest BCUT2D eigenvalue weighted by Crippen LogP contribution is 2.27. The summed E-state index contributed by atoms with van der Waals surface area (Å²) in [6.45, 7) is 0. The van der Waals surface area contributed by atoms with Gasteiger partial charge in [0.25, 0.3) is 0 Å². The van der Waals surface area contributed by atoms with Crippen LogP contribution in [0.4, 0.5) is 0 Å². The van der Waals surface area contributed by atoms with Gasteiger partial charge in [-0.05, 0) is 12.1 Å². The van der Waals surface area contributed by atoms with E-state index in [1.807, 2.05) is 60.1 Å². The van der Waals surface area contributed by atoms with Crippen molar-refractivity contribution < 1.29 is 0 Å². The second-order valence-electron chi connectivity index (χ2n) is 5.38. The molecule has 7 heteroatoms.